The highest BCUT2D eigenvalue weighted by atomic mass is 16.2. The molecular formula is C11H10N2O2. The summed E-state index contributed by atoms with van der Waals surface area (Å²) in [6.07, 6.45) is 5.87. The molecule has 76 valence electrons. The first-order valence-corrected chi connectivity index (χ1v) is 4.65. The Morgan fingerprint density at radius 2 is 1.67 bits per heavy atom. The lowest BCUT2D eigenvalue weighted by Crippen LogP contribution is -2.32. The van der Waals surface area contributed by atoms with E-state index < -0.39 is 0 Å². The second-order valence-corrected chi connectivity index (χ2v) is 3.34. The van der Waals surface area contributed by atoms with Crippen molar-refractivity contribution in [3.63, 3.8) is 0 Å². The van der Waals surface area contributed by atoms with E-state index in [1.807, 2.05) is 6.92 Å². The van der Waals surface area contributed by atoms with Crippen molar-refractivity contribution >= 4 is 11.8 Å². The van der Waals surface area contributed by atoms with E-state index in [4.69, 9.17) is 0 Å². The molecule has 4 heteroatoms. The number of hydrogen-bond acceptors (Lipinski definition) is 3. The van der Waals surface area contributed by atoms with Gasteiger partial charge in [0, 0.05) is 24.5 Å². The van der Waals surface area contributed by atoms with Gasteiger partial charge in [0.05, 0.1) is 6.04 Å². The smallest absolute Gasteiger partial charge is 0.254 e. The van der Waals surface area contributed by atoms with Crippen molar-refractivity contribution in [3.05, 3.63) is 42.2 Å². The van der Waals surface area contributed by atoms with Crippen molar-refractivity contribution in [3.8, 4) is 0 Å². The van der Waals surface area contributed by atoms with Crippen molar-refractivity contribution in [2.24, 2.45) is 0 Å². The number of carbonyl (C=O) groups excluding carboxylic acids is 2. The zero-order chi connectivity index (χ0) is 10.8. The number of pyridine rings is 1. The SMILES string of the molecule is CC(c1ccncc1)N1C(=O)C=CC1=O. The van der Waals surface area contributed by atoms with Crippen molar-refractivity contribution in [2.75, 3.05) is 0 Å². The van der Waals surface area contributed by atoms with E-state index in [9.17, 15) is 9.59 Å². The predicted molar refractivity (Wildman–Crippen MR) is 53.6 cm³/mol. The molecule has 0 aliphatic carbocycles. The van der Waals surface area contributed by atoms with Crippen molar-refractivity contribution in [1.82, 2.24) is 9.88 Å². The topological polar surface area (TPSA) is 50.3 Å². The standard InChI is InChI=1S/C11H10N2O2/c1-8(9-4-6-12-7-5-9)13-10(14)2-3-11(13)15/h2-8H,1H3. The lowest BCUT2D eigenvalue weighted by molar-refractivity contribution is -0.139. The number of aromatic nitrogens is 1. The van der Waals surface area contributed by atoms with E-state index in [0.717, 1.165) is 5.56 Å². The van der Waals surface area contributed by atoms with E-state index in [0.29, 0.717) is 0 Å². The first-order valence-electron chi connectivity index (χ1n) is 4.65. The van der Waals surface area contributed by atoms with Crippen LogP contribution in [0.25, 0.3) is 0 Å². The van der Waals surface area contributed by atoms with E-state index in [2.05, 4.69) is 4.98 Å². The minimum Gasteiger partial charge on any atom is -0.269 e. The molecule has 1 aliphatic heterocycles. The average Bonchev–Trinajstić information content (AvgIpc) is 2.59. The molecule has 1 aliphatic rings. The molecule has 1 aromatic heterocycles. The van der Waals surface area contributed by atoms with Crippen LogP contribution in [0.15, 0.2) is 36.7 Å². The predicted octanol–water partition coefficient (Wildman–Crippen LogP) is 1.07. The number of carbonyl (C=O) groups is 2. The third-order valence-electron chi connectivity index (χ3n) is 2.42. The zero-order valence-corrected chi connectivity index (χ0v) is 8.25. The fraction of sp³-hybridized carbons (Fsp3) is 0.182. The van der Waals surface area contributed by atoms with E-state index >= 15 is 0 Å². The molecule has 1 aromatic rings. The van der Waals surface area contributed by atoms with Gasteiger partial charge in [0.1, 0.15) is 0 Å². The summed E-state index contributed by atoms with van der Waals surface area (Å²) in [6.45, 7) is 1.82. The Kier molecular flexibility index (Phi) is 2.33. The molecule has 2 heterocycles. The summed E-state index contributed by atoms with van der Waals surface area (Å²) in [5.74, 6) is -0.520. The van der Waals surface area contributed by atoms with Crippen LogP contribution in [-0.4, -0.2) is 21.7 Å². The molecule has 2 amide bonds. The Morgan fingerprint density at radius 1 is 1.13 bits per heavy atom. The summed E-state index contributed by atoms with van der Waals surface area (Å²) < 4.78 is 0. The fourth-order valence-corrected chi connectivity index (χ4v) is 1.58. The maximum atomic E-state index is 11.4. The van der Waals surface area contributed by atoms with Crippen LogP contribution in [0.3, 0.4) is 0 Å². The normalized spacial score (nSPS) is 17.3. The van der Waals surface area contributed by atoms with Gasteiger partial charge in [-0.2, -0.15) is 0 Å². The summed E-state index contributed by atoms with van der Waals surface area (Å²) in [5.41, 5.74) is 0.899. The summed E-state index contributed by atoms with van der Waals surface area (Å²) >= 11 is 0. The molecule has 15 heavy (non-hydrogen) atoms. The molecule has 0 bridgehead atoms. The zero-order valence-electron chi connectivity index (χ0n) is 8.25. The van der Waals surface area contributed by atoms with Crippen LogP contribution in [0.1, 0.15) is 18.5 Å². The fourth-order valence-electron chi connectivity index (χ4n) is 1.58. The number of imide groups is 1. The highest BCUT2D eigenvalue weighted by Gasteiger charge is 2.28. The molecule has 0 saturated heterocycles. The Hall–Kier alpha value is -1.97. The molecule has 0 saturated carbocycles. The third-order valence-corrected chi connectivity index (χ3v) is 2.42. The van der Waals surface area contributed by atoms with Crippen LogP contribution in [0.4, 0.5) is 0 Å². The van der Waals surface area contributed by atoms with Crippen LogP contribution in [0, 0.1) is 0 Å². The highest BCUT2D eigenvalue weighted by Crippen LogP contribution is 2.22. The second kappa shape index (κ2) is 3.65. The van der Waals surface area contributed by atoms with Gasteiger partial charge in [0.25, 0.3) is 11.8 Å². The Bertz CT molecular complexity index is 407. The molecule has 2 rings (SSSR count). The lowest BCUT2D eigenvalue weighted by atomic mass is 10.1. The first-order chi connectivity index (χ1) is 7.20. The Balaban J connectivity index is 2.26. The van der Waals surface area contributed by atoms with Crippen molar-refractivity contribution in [2.45, 2.75) is 13.0 Å². The minimum absolute atomic E-state index is 0.247. The minimum atomic E-state index is -0.260. The van der Waals surface area contributed by atoms with Crippen LogP contribution in [0.5, 0.6) is 0 Å². The molecule has 0 radical (unpaired) electrons. The third kappa shape index (κ3) is 1.66. The maximum Gasteiger partial charge on any atom is 0.254 e. The molecular weight excluding hydrogens is 192 g/mol. The second-order valence-electron chi connectivity index (χ2n) is 3.34. The van der Waals surface area contributed by atoms with Gasteiger partial charge >= 0.3 is 0 Å². The van der Waals surface area contributed by atoms with Gasteiger partial charge in [-0.3, -0.25) is 19.5 Å². The monoisotopic (exact) mass is 202 g/mol. The summed E-state index contributed by atoms with van der Waals surface area (Å²) in [7, 11) is 0. The van der Waals surface area contributed by atoms with Gasteiger partial charge in [-0.05, 0) is 24.6 Å². The van der Waals surface area contributed by atoms with Gasteiger partial charge in [-0.1, -0.05) is 0 Å². The molecule has 0 aromatic carbocycles. The molecule has 4 nitrogen and oxygen atoms in total. The molecule has 1 unspecified atom stereocenters. The van der Waals surface area contributed by atoms with Crippen LogP contribution >= 0.6 is 0 Å². The van der Waals surface area contributed by atoms with Crippen LogP contribution in [-0.2, 0) is 9.59 Å². The van der Waals surface area contributed by atoms with Crippen molar-refractivity contribution < 1.29 is 9.59 Å². The summed E-state index contributed by atoms with van der Waals surface area (Å²) in [5, 5.41) is 0. The average molecular weight is 202 g/mol. The van der Waals surface area contributed by atoms with Crippen LogP contribution < -0.4 is 0 Å². The number of hydrogen-bond donors (Lipinski definition) is 0. The first kappa shape index (κ1) is 9.58. The van der Waals surface area contributed by atoms with Gasteiger partial charge in [-0.15, -0.1) is 0 Å². The van der Waals surface area contributed by atoms with Crippen LogP contribution in [0.2, 0.25) is 0 Å². The van der Waals surface area contributed by atoms with E-state index in [1.54, 1.807) is 24.5 Å². The van der Waals surface area contributed by atoms with Gasteiger partial charge < -0.3 is 0 Å². The lowest BCUT2D eigenvalue weighted by Gasteiger charge is -2.22. The molecule has 0 fully saturated rings. The maximum absolute atomic E-state index is 11.4. The quantitative estimate of drug-likeness (QED) is 0.674. The Labute approximate surface area is 87.2 Å². The Morgan fingerprint density at radius 3 is 2.20 bits per heavy atom. The van der Waals surface area contributed by atoms with Gasteiger partial charge in [-0.25, -0.2) is 0 Å². The molecule has 1 atom stereocenters. The van der Waals surface area contributed by atoms with E-state index in [-0.39, 0.29) is 17.9 Å². The number of nitrogens with zero attached hydrogens (tertiary/aromatic N) is 2. The van der Waals surface area contributed by atoms with Gasteiger partial charge in [0.2, 0.25) is 0 Å². The largest absolute Gasteiger partial charge is 0.269 e. The summed E-state index contributed by atoms with van der Waals surface area (Å²) in [6, 6.07) is 3.34. The number of amides is 2. The highest BCUT2D eigenvalue weighted by molar-refractivity contribution is 6.13. The summed E-state index contributed by atoms with van der Waals surface area (Å²) in [4.78, 5) is 27.9. The van der Waals surface area contributed by atoms with Crippen molar-refractivity contribution in [1.29, 1.82) is 0 Å². The molecule has 0 spiro atoms. The molecule has 0 N–H and O–H groups in total. The van der Waals surface area contributed by atoms with Gasteiger partial charge in [0.15, 0.2) is 0 Å². The van der Waals surface area contributed by atoms with E-state index in [1.165, 1.54) is 17.1 Å². The number of rotatable bonds is 2.